The van der Waals surface area contributed by atoms with Crippen LogP contribution in [0, 0.1) is 0 Å². The van der Waals surface area contributed by atoms with Crippen LogP contribution in [0.3, 0.4) is 0 Å². The van der Waals surface area contributed by atoms with Gasteiger partial charge < -0.3 is 55.7 Å². The first-order valence-corrected chi connectivity index (χ1v) is 29.1. The van der Waals surface area contributed by atoms with E-state index in [1.807, 2.05) is 102 Å². The maximum atomic E-state index is 12.2. The molecule has 16 nitrogen and oxygen atoms in total. The van der Waals surface area contributed by atoms with Crippen molar-refractivity contribution in [1.82, 2.24) is 30.7 Å². The topological polar surface area (TPSA) is 182 Å². The zero-order chi connectivity index (χ0) is 57.2. The first-order valence-electron chi connectivity index (χ1n) is 28.3. The number of nitrogens with two attached hydrogens (primary N) is 1. The fourth-order valence-corrected chi connectivity index (χ4v) is 10.7. The second-order valence-corrected chi connectivity index (χ2v) is 25.4. The standard InChI is InChI=1S/C22H33N3O3.C17H25N3O.C14H18BrNO2.C8H16N2O/c1-16(26)24(5)18-10-14-25(15-11-18)19-8-6-17(7-9-19)22(12-13-22)23-20(27)28-21(2,3)4;1-13(21)19(2)15-7-11-20(12-8-15)16-5-3-14(4-6-16)17(18)9-10-17;1-13(2,3)18-12(17)16-14(8-9-14)10-4-6-11(15)7-5-10;1-7(11)10(2)8-3-5-9-6-4-8/h6-9,18H,10-15H2,1-5H3,(H,23,27);3-6,15H,7-12,18H2,1-2H3;4-7H,8-9H2,1-3H3,(H,16,17);8-9H,3-6H2,1-2H3. The van der Waals surface area contributed by atoms with Gasteiger partial charge in [0.2, 0.25) is 17.7 Å². The summed E-state index contributed by atoms with van der Waals surface area (Å²) in [5.74, 6) is 0.474. The van der Waals surface area contributed by atoms with Crippen molar-refractivity contribution in [1.29, 1.82) is 0 Å². The molecule has 3 aliphatic carbocycles. The van der Waals surface area contributed by atoms with Crippen LogP contribution in [0.5, 0.6) is 0 Å². The smallest absolute Gasteiger partial charge is 0.408 e. The molecular formula is C61H92BrN9O7. The molecule has 3 aromatic carbocycles. The van der Waals surface area contributed by atoms with Gasteiger partial charge in [-0.3, -0.25) is 14.4 Å². The first kappa shape index (κ1) is 61.8. The number of carbonyl (C=O) groups excluding carboxylic acids is 5. The number of nitrogens with one attached hydrogen (secondary N) is 3. The van der Waals surface area contributed by atoms with Gasteiger partial charge in [0.05, 0.1) is 11.1 Å². The average Bonchev–Trinajstić information content (AvgIpc) is 4.36. The molecule has 3 saturated carbocycles. The largest absolute Gasteiger partial charge is 0.444 e. The third-order valence-corrected chi connectivity index (χ3v) is 16.7. The Balaban J connectivity index is 0.000000176. The van der Waals surface area contributed by atoms with Gasteiger partial charge in [-0.05, 0) is 185 Å². The number of alkyl carbamates (subject to hydrolysis) is 2. The Labute approximate surface area is 474 Å². The molecule has 3 aromatic rings. The minimum absolute atomic E-state index is 0.0459. The lowest BCUT2D eigenvalue weighted by atomic mass is 10.0. The number of anilines is 2. The zero-order valence-electron chi connectivity index (χ0n) is 48.9. The summed E-state index contributed by atoms with van der Waals surface area (Å²) in [6.45, 7) is 22.1. The number of ether oxygens (including phenoxy) is 2. The molecule has 6 aliphatic rings. The van der Waals surface area contributed by atoms with E-state index in [-0.39, 0.29) is 46.5 Å². The van der Waals surface area contributed by atoms with E-state index in [2.05, 4.69) is 90.2 Å². The van der Waals surface area contributed by atoms with Crippen LogP contribution in [-0.4, -0.2) is 134 Å². The minimum atomic E-state index is -0.493. The van der Waals surface area contributed by atoms with Crippen LogP contribution >= 0.6 is 15.9 Å². The van der Waals surface area contributed by atoms with Crippen LogP contribution in [0.4, 0.5) is 21.0 Å². The third kappa shape index (κ3) is 18.1. The van der Waals surface area contributed by atoms with E-state index in [4.69, 9.17) is 15.2 Å². The second-order valence-electron chi connectivity index (χ2n) is 24.5. The summed E-state index contributed by atoms with van der Waals surface area (Å²) >= 11 is 3.41. The van der Waals surface area contributed by atoms with Gasteiger partial charge in [-0.2, -0.15) is 0 Å². The molecule has 5 N–H and O–H groups in total. The number of benzene rings is 3. The Hall–Kier alpha value is -5.39. The number of hydrogen-bond donors (Lipinski definition) is 4. The Morgan fingerprint density at radius 1 is 0.526 bits per heavy atom. The van der Waals surface area contributed by atoms with Crippen molar-refractivity contribution in [3.63, 3.8) is 0 Å². The summed E-state index contributed by atoms with van der Waals surface area (Å²) in [5.41, 5.74) is 10.7. The van der Waals surface area contributed by atoms with Gasteiger partial charge in [-0.15, -0.1) is 0 Å². The van der Waals surface area contributed by atoms with E-state index < -0.39 is 11.2 Å². The summed E-state index contributed by atoms with van der Waals surface area (Å²) in [4.78, 5) is 68.3. The van der Waals surface area contributed by atoms with Gasteiger partial charge in [-0.1, -0.05) is 52.3 Å². The third-order valence-electron chi connectivity index (χ3n) is 16.1. The molecule has 78 heavy (non-hydrogen) atoms. The quantitative estimate of drug-likeness (QED) is 0.152. The molecule has 3 heterocycles. The number of amides is 5. The van der Waals surface area contributed by atoms with Gasteiger partial charge in [0.1, 0.15) is 11.2 Å². The lowest BCUT2D eigenvalue weighted by molar-refractivity contribution is -0.130. The highest BCUT2D eigenvalue weighted by molar-refractivity contribution is 9.10. The number of hydrogen-bond acceptors (Lipinski definition) is 11. The molecule has 430 valence electrons. The van der Waals surface area contributed by atoms with E-state index in [1.165, 1.54) is 16.9 Å². The summed E-state index contributed by atoms with van der Waals surface area (Å²) in [6.07, 6.45) is 11.6. The van der Waals surface area contributed by atoms with Gasteiger partial charge in [0, 0.05) is 108 Å². The molecule has 0 atom stereocenters. The lowest BCUT2D eigenvalue weighted by Crippen LogP contribution is -2.45. The van der Waals surface area contributed by atoms with E-state index in [0.717, 1.165) is 132 Å². The summed E-state index contributed by atoms with van der Waals surface area (Å²) in [7, 11) is 5.69. The fraction of sp³-hybridized carbons (Fsp3) is 0.623. The van der Waals surface area contributed by atoms with Crippen molar-refractivity contribution in [3.05, 3.63) is 94.0 Å². The van der Waals surface area contributed by atoms with Gasteiger partial charge in [-0.25, -0.2) is 9.59 Å². The molecular weight excluding hydrogens is 1050 g/mol. The predicted molar refractivity (Wildman–Crippen MR) is 314 cm³/mol. The molecule has 17 heteroatoms. The molecule has 0 aromatic heterocycles. The number of rotatable bonds is 10. The van der Waals surface area contributed by atoms with Crippen molar-refractivity contribution in [2.45, 2.75) is 185 Å². The maximum absolute atomic E-state index is 12.2. The number of carbonyl (C=O) groups is 5. The predicted octanol–water partition coefficient (Wildman–Crippen LogP) is 9.91. The molecule has 3 saturated heterocycles. The highest BCUT2D eigenvalue weighted by Crippen LogP contribution is 2.47. The Morgan fingerprint density at radius 2 is 0.833 bits per heavy atom. The monoisotopic (exact) mass is 1140 g/mol. The van der Waals surface area contributed by atoms with Crippen LogP contribution in [-0.2, 0) is 40.5 Å². The average molecular weight is 1140 g/mol. The summed E-state index contributed by atoms with van der Waals surface area (Å²) in [6, 6.07) is 26.5. The summed E-state index contributed by atoms with van der Waals surface area (Å²) < 4.78 is 11.8. The number of piperidine rings is 3. The van der Waals surface area contributed by atoms with E-state index in [0.29, 0.717) is 18.1 Å². The fourth-order valence-electron chi connectivity index (χ4n) is 10.4. The molecule has 0 bridgehead atoms. The maximum Gasteiger partial charge on any atom is 0.408 e. The Kier molecular flexibility index (Phi) is 20.8. The number of halogens is 1. The van der Waals surface area contributed by atoms with E-state index in [9.17, 15) is 24.0 Å². The molecule has 5 amide bonds. The molecule has 0 unspecified atom stereocenters. The van der Waals surface area contributed by atoms with Crippen LogP contribution < -0.4 is 31.5 Å². The molecule has 3 aliphatic heterocycles. The van der Waals surface area contributed by atoms with Crippen molar-refractivity contribution in [3.8, 4) is 0 Å². The first-order chi connectivity index (χ1) is 36.6. The van der Waals surface area contributed by atoms with Crippen molar-refractivity contribution in [2.24, 2.45) is 5.73 Å². The normalized spacial score (nSPS) is 19.3. The van der Waals surface area contributed by atoms with Crippen molar-refractivity contribution < 1.29 is 33.4 Å². The molecule has 6 fully saturated rings. The molecule has 0 radical (unpaired) electrons. The molecule has 9 rings (SSSR count). The SMILES string of the molecule is CC(=O)N(C)C1CCN(c2ccc(C3(N)CC3)cc2)CC1.CC(=O)N(C)C1CCN(c2ccc(C3(NC(=O)OC(C)(C)C)CC3)cc2)CC1.CC(=O)N(C)C1CCNCC1.CC(C)(C)OC(=O)NC1(c2ccc(Br)cc2)CC1. The van der Waals surface area contributed by atoms with Gasteiger partial charge in [0.25, 0.3) is 0 Å². The van der Waals surface area contributed by atoms with Crippen LogP contribution in [0.1, 0.15) is 156 Å². The Bertz CT molecular complexity index is 2460. The van der Waals surface area contributed by atoms with E-state index >= 15 is 0 Å². The van der Waals surface area contributed by atoms with Crippen LogP contribution in [0.2, 0.25) is 0 Å². The minimum Gasteiger partial charge on any atom is -0.444 e. The zero-order valence-corrected chi connectivity index (χ0v) is 50.5. The highest BCUT2D eigenvalue weighted by Gasteiger charge is 2.48. The molecule has 0 spiro atoms. The van der Waals surface area contributed by atoms with Gasteiger partial charge in [0.15, 0.2) is 0 Å². The van der Waals surface area contributed by atoms with Crippen molar-refractivity contribution in [2.75, 3.05) is 70.2 Å². The van der Waals surface area contributed by atoms with Gasteiger partial charge >= 0.3 is 12.2 Å². The highest BCUT2D eigenvalue weighted by atomic mass is 79.9. The lowest BCUT2D eigenvalue weighted by Gasteiger charge is -2.37. The van der Waals surface area contributed by atoms with Crippen molar-refractivity contribution >= 4 is 57.2 Å². The number of nitrogens with zero attached hydrogens (tertiary/aromatic N) is 5. The van der Waals surface area contributed by atoms with Crippen LogP contribution in [0.15, 0.2) is 77.3 Å². The summed E-state index contributed by atoms with van der Waals surface area (Å²) in [5, 5.41) is 9.31. The van der Waals surface area contributed by atoms with E-state index in [1.54, 1.807) is 20.8 Å². The second kappa shape index (κ2) is 26.3. The Morgan fingerprint density at radius 3 is 1.13 bits per heavy atom. The van der Waals surface area contributed by atoms with Crippen LogP contribution in [0.25, 0.3) is 0 Å².